The van der Waals surface area contributed by atoms with Crippen LogP contribution in [0.5, 0.6) is 5.88 Å². The Morgan fingerprint density at radius 1 is 1.56 bits per heavy atom. The van der Waals surface area contributed by atoms with E-state index in [1.165, 1.54) is 24.4 Å². The molecule has 1 aromatic heterocycles. The smallest absolute Gasteiger partial charge is 0.232 e. The summed E-state index contributed by atoms with van der Waals surface area (Å²) < 4.78 is 4.88. The largest absolute Gasteiger partial charge is 0.480 e. The lowest BCUT2D eigenvalue weighted by molar-refractivity contribution is -0.117. The molecule has 2 rings (SSSR count). The molecule has 0 radical (unpaired) electrons. The average molecular weight is 223 g/mol. The van der Waals surface area contributed by atoms with Crippen LogP contribution >= 0.6 is 0 Å². The van der Waals surface area contributed by atoms with Gasteiger partial charge in [-0.3, -0.25) is 9.69 Å². The molecule has 1 aromatic rings. The molecular formula is C10H13N3O3. The molecule has 0 spiro atoms. The van der Waals surface area contributed by atoms with Crippen molar-refractivity contribution in [1.29, 1.82) is 0 Å². The number of carbonyl (C=O) groups is 1. The van der Waals surface area contributed by atoms with E-state index in [1.807, 2.05) is 0 Å². The van der Waals surface area contributed by atoms with Gasteiger partial charge in [0, 0.05) is 25.5 Å². The Hall–Kier alpha value is -1.69. The third-order valence-electron chi connectivity index (χ3n) is 2.56. The van der Waals surface area contributed by atoms with Crippen molar-refractivity contribution >= 4 is 11.7 Å². The maximum absolute atomic E-state index is 11.6. The highest BCUT2D eigenvalue weighted by molar-refractivity contribution is 5.94. The number of aliphatic hydroxyl groups is 1. The van der Waals surface area contributed by atoms with E-state index in [-0.39, 0.29) is 18.4 Å². The third-order valence-corrected chi connectivity index (χ3v) is 2.56. The van der Waals surface area contributed by atoms with Gasteiger partial charge >= 0.3 is 0 Å². The van der Waals surface area contributed by atoms with E-state index in [1.54, 1.807) is 0 Å². The van der Waals surface area contributed by atoms with E-state index < -0.39 is 0 Å². The average Bonchev–Trinajstić information content (AvgIpc) is 2.71. The first kappa shape index (κ1) is 10.8. The first-order valence-electron chi connectivity index (χ1n) is 5.02. The molecule has 86 valence electrons. The monoisotopic (exact) mass is 223 g/mol. The molecule has 1 fully saturated rings. The van der Waals surface area contributed by atoms with Gasteiger partial charge in [-0.25, -0.2) is 9.97 Å². The number of rotatable bonds is 3. The highest BCUT2D eigenvalue weighted by atomic mass is 16.5. The van der Waals surface area contributed by atoms with Crippen LogP contribution in [0, 0.1) is 5.92 Å². The zero-order valence-corrected chi connectivity index (χ0v) is 8.96. The van der Waals surface area contributed by atoms with Crippen molar-refractivity contribution < 1.29 is 14.6 Å². The van der Waals surface area contributed by atoms with Gasteiger partial charge in [0.05, 0.1) is 19.5 Å². The minimum atomic E-state index is -0.0292. The molecule has 2 heterocycles. The van der Waals surface area contributed by atoms with Gasteiger partial charge in [-0.05, 0) is 0 Å². The van der Waals surface area contributed by atoms with Crippen LogP contribution in [0.3, 0.4) is 0 Å². The summed E-state index contributed by atoms with van der Waals surface area (Å²) >= 11 is 0. The van der Waals surface area contributed by atoms with Crippen LogP contribution in [0.25, 0.3) is 0 Å². The number of amides is 1. The maximum Gasteiger partial charge on any atom is 0.232 e. The molecule has 6 heteroatoms. The molecule has 1 aliphatic rings. The van der Waals surface area contributed by atoms with Crippen molar-refractivity contribution in [3.63, 3.8) is 0 Å². The van der Waals surface area contributed by atoms with Crippen molar-refractivity contribution in [3.8, 4) is 5.88 Å². The van der Waals surface area contributed by atoms with E-state index in [0.29, 0.717) is 24.7 Å². The third kappa shape index (κ3) is 1.96. The fourth-order valence-electron chi connectivity index (χ4n) is 1.68. The number of methoxy groups -OCH3 is 1. The number of aliphatic hydroxyl groups excluding tert-OH is 1. The lowest BCUT2D eigenvalue weighted by atomic mass is 10.1. The van der Waals surface area contributed by atoms with E-state index in [2.05, 4.69) is 9.97 Å². The SMILES string of the molecule is COc1cnc(N2CC(CO)CC2=O)cn1. The Kier molecular flexibility index (Phi) is 3.00. The first-order chi connectivity index (χ1) is 7.74. The number of hydrogen-bond acceptors (Lipinski definition) is 5. The molecule has 1 atom stereocenters. The zero-order chi connectivity index (χ0) is 11.5. The highest BCUT2D eigenvalue weighted by Crippen LogP contribution is 2.22. The summed E-state index contributed by atoms with van der Waals surface area (Å²) in [6.07, 6.45) is 3.33. The van der Waals surface area contributed by atoms with Crippen LogP contribution in [-0.2, 0) is 4.79 Å². The molecule has 16 heavy (non-hydrogen) atoms. The van der Waals surface area contributed by atoms with Crippen molar-refractivity contribution in [2.75, 3.05) is 25.2 Å². The van der Waals surface area contributed by atoms with Crippen LogP contribution in [0.15, 0.2) is 12.4 Å². The molecule has 1 unspecified atom stereocenters. The normalized spacial score (nSPS) is 20.2. The lowest BCUT2D eigenvalue weighted by Gasteiger charge is -2.14. The van der Waals surface area contributed by atoms with Gasteiger partial charge in [-0.2, -0.15) is 0 Å². The van der Waals surface area contributed by atoms with Gasteiger partial charge < -0.3 is 9.84 Å². The standard InChI is InChI=1S/C10H13N3O3/c1-16-9-4-11-8(3-12-9)13-5-7(6-14)2-10(13)15/h3-4,7,14H,2,5-6H2,1H3. The fourth-order valence-corrected chi connectivity index (χ4v) is 1.68. The van der Waals surface area contributed by atoms with Crippen LogP contribution in [0.4, 0.5) is 5.82 Å². The van der Waals surface area contributed by atoms with Gasteiger partial charge in [0.25, 0.3) is 0 Å². The highest BCUT2D eigenvalue weighted by Gasteiger charge is 2.30. The maximum atomic E-state index is 11.6. The van der Waals surface area contributed by atoms with Gasteiger partial charge in [0.15, 0.2) is 5.82 Å². The second-order valence-corrected chi connectivity index (χ2v) is 3.67. The molecule has 1 amide bonds. The Morgan fingerprint density at radius 2 is 2.38 bits per heavy atom. The quantitative estimate of drug-likeness (QED) is 0.770. The molecule has 1 aliphatic heterocycles. The van der Waals surface area contributed by atoms with E-state index in [0.717, 1.165) is 0 Å². The zero-order valence-electron chi connectivity index (χ0n) is 8.96. The topological polar surface area (TPSA) is 75.6 Å². The van der Waals surface area contributed by atoms with Gasteiger partial charge in [0.2, 0.25) is 11.8 Å². The first-order valence-corrected chi connectivity index (χ1v) is 5.02. The Balaban J connectivity index is 2.15. The van der Waals surface area contributed by atoms with Gasteiger partial charge in [0.1, 0.15) is 0 Å². The number of anilines is 1. The fraction of sp³-hybridized carbons (Fsp3) is 0.500. The van der Waals surface area contributed by atoms with Crippen LogP contribution in [0.2, 0.25) is 0 Å². The van der Waals surface area contributed by atoms with Crippen LogP contribution < -0.4 is 9.64 Å². The van der Waals surface area contributed by atoms with Gasteiger partial charge in [-0.15, -0.1) is 0 Å². The molecule has 0 aromatic carbocycles. The van der Waals surface area contributed by atoms with E-state index >= 15 is 0 Å². The summed E-state index contributed by atoms with van der Waals surface area (Å²) in [7, 11) is 1.51. The van der Waals surface area contributed by atoms with Crippen LogP contribution in [0.1, 0.15) is 6.42 Å². The molecular weight excluding hydrogens is 210 g/mol. The Labute approximate surface area is 92.9 Å². The number of hydrogen-bond donors (Lipinski definition) is 1. The minimum Gasteiger partial charge on any atom is -0.480 e. The molecule has 0 bridgehead atoms. The second-order valence-electron chi connectivity index (χ2n) is 3.67. The summed E-state index contributed by atoms with van der Waals surface area (Å²) in [6, 6.07) is 0. The van der Waals surface area contributed by atoms with Crippen molar-refractivity contribution in [2.45, 2.75) is 6.42 Å². The Bertz CT molecular complexity index is 379. The Morgan fingerprint density at radius 3 is 2.88 bits per heavy atom. The predicted octanol–water partition coefficient (Wildman–Crippen LogP) is -0.170. The molecule has 0 aliphatic carbocycles. The minimum absolute atomic E-state index is 0.00333. The van der Waals surface area contributed by atoms with E-state index in [9.17, 15) is 4.79 Å². The van der Waals surface area contributed by atoms with Crippen LogP contribution in [-0.4, -0.2) is 41.2 Å². The number of nitrogens with zero attached hydrogens (tertiary/aromatic N) is 3. The summed E-state index contributed by atoms with van der Waals surface area (Å²) in [5.41, 5.74) is 0. The molecule has 0 saturated carbocycles. The lowest BCUT2D eigenvalue weighted by Crippen LogP contribution is -2.26. The van der Waals surface area contributed by atoms with Crippen molar-refractivity contribution in [2.24, 2.45) is 5.92 Å². The predicted molar refractivity (Wildman–Crippen MR) is 56.1 cm³/mol. The van der Waals surface area contributed by atoms with Crippen molar-refractivity contribution in [1.82, 2.24) is 9.97 Å². The summed E-state index contributed by atoms with van der Waals surface area (Å²) in [5, 5.41) is 9.00. The summed E-state index contributed by atoms with van der Waals surface area (Å²) in [4.78, 5) is 21.2. The molecule has 6 nitrogen and oxygen atoms in total. The van der Waals surface area contributed by atoms with E-state index in [4.69, 9.17) is 9.84 Å². The number of aromatic nitrogens is 2. The molecule has 1 saturated heterocycles. The summed E-state index contributed by atoms with van der Waals surface area (Å²) in [5.74, 6) is 0.880. The second kappa shape index (κ2) is 4.44. The molecule has 1 N–H and O–H groups in total. The number of ether oxygens (including phenoxy) is 1. The number of carbonyl (C=O) groups excluding carboxylic acids is 1. The summed E-state index contributed by atoms with van der Waals surface area (Å²) in [6.45, 7) is 0.516. The van der Waals surface area contributed by atoms with Crippen molar-refractivity contribution in [3.05, 3.63) is 12.4 Å². The van der Waals surface area contributed by atoms with Gasteiger partial charge in [-0.1, -0.05) is 0 Å².